The van der Waals surface area contributed by atoms with Gasteiger partial charge in [-0.3, -0.25) is 4.79 Å². The minimum absolute atomic E-state index is 0.0589. The van der Waals surface area contributed by atoms with Crippen LogP contribution < -0.4 is 4.74 Å². The van der Waals surface area contributed by atoms with E-state index in [1.807, 2.05) is 0 Å². The first kappa shape index (κ1) is 17.0. The standard InChI is InChI=1S/C16H17NO5S/c1-10(2)16(19)11-6-12(18)8-14(7-11)22-13-4-5-15(17-9-13)23(3,20)21/h4-10,18H,1-3H3. The highest BCUT2D eigenvalue weighted by Gasteiger charge is 2.14. The minimum atomic E-state index is -3.38. The highest BCUT2D eigenvalue weighted by Crippen LogP contribution is 2.28. The number of hydrogen-bond acceptors (Lipinski definition) is 6. The van der Waals surface area contributed by atoms with Crippen LogP contribution in [0.3, 0.4) is 0 Å². The predicted octanol–water partition coefficient (Wildman–Crippen LogP) is 2.82. The zero-order valence-electron chi connectivity index (χ0n) is 13.0. The second-order valence-corrected chi connectivity index (χ2v) is 7.40. The molecule has 0 aliphatic carbocycles. The molecule has 1 heterocycles. The van der Waals surface area contributed by atoms with E-state index in [4.69, 9.17) is 4.74 Å². The number of carbonyl (C=O) groups is 1. The van der Waals surface area contributed by atoms with E-state index in [0.29, 0.717) is 11.3 Å². The summed E-state index contributed by atoms with van der Waals surface area (Å²) < 4.78 is 28.2. The number of benzene rings is 1. The van der Waals surface area contributed by atoms with Crippen LogP contribution in [0.25, 0.3) is 0 Å². The molecule has 122 valence electrons. The van der Waals surface area contributed by atoms with Gasteiger partial charge in [0.1, 0.15) is 17.2 Å². The average molecular weight is 335 g/mol. The lowest BCUT2D eigenvalue weighted by molar-refractivity contribution is 0.0938. The summed E-state index contributed by atoms with van der Waals surface area (Å²) in [7, 11) is -3.38. The summed E-state index contributed by atoms with van der Waals surface area (Å²) in [5.74, 6) is 0.151. The molecule has 0 unspecified atom stereocenters. The second kappa shape index (κ2) is 6.37. The number of sulfone groups is 1. The number of hydrogen-bond donors (Lipinski definition) is 1. The number of rotatable bonds is 5. The number of ether oxygens (including phenoxy) is 1. The van der Waals surface area contributed by atoms with Gasteiger partial charge < -0.3 is 9.84 Å². The van der Waals surface area contributed by atoms with Gasteiger partial charge in [0.25, 0.3) is 0 Å². The summed E-state index contributed by atoms with van der Waals surface area (Å²) in [5, 5.41) is 9.67. The molecule has 0 amide bonds. The largest absolute Gasteiger partial charge is 0.508 e. The molecule has 7 heteroatoms. The van der Waals surface area contributed by atoms with Gasteiger partial charge in [0.05, 0.1) is 6.20 Å². The number of pyridine rings is 1. The van der Waals surface area contributed by atoms with Crippen molar-refractivity contribution in [2.24, 2.45) is 5.92 Å². The third kappa shape index (κ3) is 4.29. The summed E-state index contributed by atoms with van der Waals surface area (Å²) in [6.45, 7) is 3.53. The predicted molar refractivity (Wildman–Crippen MR) is 84.7 cm³/mol. The van der Waals surface area contributed by atoms with Gasteiger partial charge in [-0.05, 0) is 24.3 Å². The molecule has 0 atom stereocenters. The molecular weight excluding hydrogens is 318 g/mol. The maximum Gasteiger partial charge on any atom is 0.192 e. The van der Waals surface area contributed by atoms with Crippen molar-refractivity contribution in [1.82, 2.24) is 4.98 Å². The van der Waals surface area contributed by atoms with Gasteiger partial charge in [-0.1, -0.05) is 13.8 Å². The average Bonchev–Trinajstić information content (AvgIpc) is 2.45. The molecule has 0 spiro atoms. The van der Waals surface area contributed by atoms with E-state index in [-0.39, 0.29) is 28.2 Å². The molecule has 0 bridgehead atoms. The van der Waals surface area contributed by atoms with Crippen LogP contribution in [0, 0.1) is 5.92 Å². The molecule has 23 heavy (non-hydrogen) atoms. The van der Waals surface area contributed by atoms with E-state index in [9.17, 15) is 18.3 Å². The molecule has 0 radical (unpaired) electrons. The molecule has 0 saturated heterocycles. The van der Waals surface area contributed by atoms with Crippen LogP contribution in [0.4, 0.5) is 0 Å². The van der Waals surface area contributed by atoms with Crippen molar-refractivity contribution in [3.8, 4) is 17.2 Å². The monoisotopic (exact) mass is 335 g/mol. The minimum Gasteiger partial charge on any atom is -0.508 e. The van der Waals surface area contributed by atoms with Crippen molar-refractivity contribution in [1.29, 1.82) is 0 Å². The van der Waals surface area contributed by atoms with Gasteiger partial charge in [0.2, 0.25) is 0 Å². The molecule has 0 saturated carbocycles. The Balaban J connectivity index is 2.28. The van der Waals surface area contributed by atoms with E-state index in [0.717, 1.165) is 6.26 Å². The fraction of sp³-hybridized carbons (Fsp3) is 0.250. The molecule has 1 N–H and O–H groups in total. The Hall–Kier alpha value is -2.41. The first-order valence-electron chi connectivity index (χ1n) is 6.89. The van der Waals surface area contributed by atoms with Crippen LogP contribution >= 0.6 is 0 Å². The molecular formula is C16H17NO5S. The molecule has 1 aromatic carbocycles. The summed E-state index contributed by atoms with van der Waals surface area (Å²) in [6, 6.07) is 7.04. The van der Waals surface area contributed by atoms with E-state index >= 15 is 0 Å². The van der Waals surface area contributed by atoms with E-state index in [1.54, 1.807) is 13.8 Å². The fourth-order valence-electron chi connectivity index (χ4n) is 1.90. The summed E-state index contributed by atoms with van der Waals surface area (Å²) >= 11 is 0. The van der Waals surface area contributed by atoms with Gasteiger partial charge in [-0.25, -0.2) is 13.4 Å². The van der Waals surface area contributed by atoms with Gasteiger partial charge in [-0.15, -0.1) is 0 Å². The molecule has 0 aliphatic heterocycles. The van der Waals surface area contributed by atoms with Crippen LogP contribution in [0.1, 0.15) is 24.2 Å². The zero-order valence-corrected chi connectivity index (χ0v) is 13.8. The van der Waals surface area contributed by atoms with Crippen LogP contribution in [0.2, 0.25) is 0 Å². The van der Waals surface area contributed by atoms with E-state index in [1.165, 1.54) is 36.5 Å². The quantitative estimate of drug-likeness (QED) is 0.845. The molecule has 2 aromatic rings. The van der Waals surface area contributed by atoms with Crippen LogP contribution in [0.15, 0.2) is 41.6 Å². The van der Waals surface area contributed by atoms with Crippen molar-refractivity contribution < 1.29 is 23.1 Å². The smallest absolute Gasteiger partial charge is 0.192 e. The number of nitrogens with zero attached hydrogens (tertiary/aromatic N) is 1. The Morgan fingerprint density at radius 3 is 2.39 bits per heavy atom. The number of aromatic hydroxyl groups is 1. The van der Waals surface area contributed by atoms with Crippen molar-refractivity contribution in [3.63, 3.8) is 0 Å². The zero-order chi connectivity index (χ0) is 17.2. The lowest BCUT2D eigenvalue weighted by Gasteiger charge is -2.10. The van der Waals surface area contributed by atoms with Crippen LogP contribution in [-0.2, 0) is 9.84 Å². The Morgan fingerprint density at radius 2 is 1.87 bits per heavy atom. The molecule has 0 fully saturated rings. The summed E-state index contributed by atoms with van der Waals surface area (Å²) in [6.07, 6.45) is 2.33. The number of Topliss-reactive ketones (excluding diaryl/α,β-unsaturated/α-hetero) is 1. The third-order valence-electron chi connectivity index (χ3n) is 3.02. The fourth-order valence-corrected chi connectivity index (χ4v) is 2.46. The summed E-state index contributed by atoms with van der Waals surface area (Å²) in [5.41, 5.74) is 0.343. The lowest BCUT2D eigenvalue weighted by Crippen LogP contribution is -2.07. The lowest BCUT2D eigenvalue weighted by atomic mass is 10.0. The Labute approximate surface area is 134 Å². The van der Waals surface area contributed by atoms with Crippen molar-refractivity contribution in [2.45, 2.75) is 18.9 Å². The molecule has 0 aliphatic rings. The molecule has 6 nitrogen and oxygen atoms in total. The highest BCUT2D eigenvalue weighted by atomic mass is 32.2. The number of carbonyl (C=O) groups excluding carboxylic acids is 1. The first-order chi connectivity index (χ1) is 10.7. The second-order valence-electron chi connectivity index (χ2n) is 5.44. The molecule has 1 aromatic heterocycles. The Bertz CT molecular complexity index is 826. The van der Waals surface area contributed by atoms with Crippen molar-refractivity contribution in [2.75, 3.05) is 6.26 Å². The van der Waals surface area contributed by atoms with Crippen LogP contribution in [-0.4, -0.2) is 30.5 Å². The van der Waals surface area contributed by atoms with Gasteiger partial charge in [0, 0.05) is 23.8 Å². The van der Waals surface area contributed by atoms with Gasteiger partial charge >= 0.3 is 0 Å². The first-order valence-corrected chi connectivity index (χ1v) is 8.78. The maximum absolute atomic E-state index is 12.0. The van der Waals surface area contributed by atoms with Gasteiger partial charge in [0.15, 0.2) is 20.6 Å². The SMILES string of the molecule is CC(C)C(=O)c1cc(O)cc(Oc2ccc(S(C)(=O)=O)nc2)c1. The van der Waals surface area contributed by atoms with Crippen molar-refractivity contribution in [3.05, 3.63) is 42.1 Å². The van der Waals surface area contributed by atoms with Crippen LogP contribution in [0.5, 0.6) is 17.2 Å². The van der Waals surface area contributed by atoms with E-state index in [2.05, 4.69) is 4.98 Å². The van der Waals surface area contributed by atoms with Crippen molar-refractivity contribution >= 4 is 15.6 Å². The van der Waals surface area contributed by atoms with Gasteiger partial charge in [-0.2, -0.15) is 0 Å². The number of aromatic nitrogens is 1. The summed E-state index contributed by atoms with van der Waals surface area (Å²) in [4.78, 5) is 15.8. The third-order valence-corrected chi connectivity index (χ3v) is 4.03. The number of phenols is 1. The maximum atomic E-state index is 12.0. The Morgan fingerprint density at radius 1 is 1.17 bits per heavy atom. The Kier molecular flexibility index (Phi) is 4.70. The number of phenolic OH excluding ortho intramolecular Hbond substituents is 1. The van der Waals surface area contributed by atoms with E-state index < -0.39 is 9.84 Å². The highest BCUT2D eigenvalue weighted by molar-refractivity contribution is 7.90. The molecule has 2 rings (SSSR count). The normalized spacial score (nSPS) is 11.5. The number of ketones is 1. The topological polar surface area (TPSA) is 93.6 Å².